The quantitative estimate of drug-likeness (QED) is 0.764. The van der Waals surface area contributed by atoms with E-state index in [1.165, 1.54) is 16.7 Å². The van der Waals surface area contributed by atoms with Crippen LogP contribution in [0.3, 0.4) is 0 Å². The van der Waals surface area contributed by atoms with Crippen LogP contribution in [0.15, 0.2) is 24.3 Å². The highest BCUT2D eigenvalue weighted by molar-refractivity contribution is 6.62. The second kappa shape index (κ2) is 5.05. The fraction of sp³-hybridized carbons (Fsp3) is 0.529. The molecule has 108 valence electrons. The molecule has 1 heterocycles. The maximum Gasteiger partial charge on any atom is 0.494 e. The zero-order chi connectivity index (χ0) is 15.1. The van der Waals surface area contributed by atoms with E-state index in [9.17, 15) is 0 Å². The van der Waals surface area contributed by atoms with Gasteiger partial charge in [-0.1, -0.05) is 24.3 Å². The first kappa shape index (κ1) is 15.3. The molecule has 0 bridgehead atoms. The van der Waals surface area contributed by atoms with E-state index < -0.39 is 0 Å². The number of aryl methyl sites for hydroxylation is 1. The Balaban J connectivity index is 2.31. The van der Waals surface area contributed by atoms with E-state index in [4.69, 9.17) is 9.31 Å². The monoisotopic (exact) mass is 272 g/mol. The summed E-state index contributed by atoms with van der Waals surface area (Å²) in [6.07, 6.45) is 2.14. The van der Waals surface area contributed by atoms with Crippen molar-refractivity contribution >= 4 is 18.2 Å². The molecule has 2 rings (SSSR count). The Bertz CT molecular complexity index is 528. The normalized spacial score (nSPS) is 21.4. The lowest BCUT2D eigenvalue weighted by molar-refractivity contribution is 0.00578. The zero-order valence-electron chi connectivity index (χ0n) is 13.7. The summed E-state index contributed by atoms with van der Waals surface area (Å²) in [7, 11) is -0.279. The van der Waals surface area contributed by atoms with Gasteiger partial charge in [-0.05, 0) is 70.6 Å². The van der Waals surface area contributed by atoms with Crippen molar-refractivity contribution < 1.29 is 9.31 Å². The maximum atomic E-state index is 6.09. The van der Waals surface area contributed by atoms with E-state index in [1.54, 1.807) is 0 Å². The molecule has 0 saturated carbocycles. The molecule has 0 aliphatic carbocycles. The standard InChI is InChI=1S/C17H25BO2/c1-8-12(2)15-10-9-14(11-13(15)3)18-19-16(4,5)17(6,7)20-18/h8-11H,1-7H3/b12-8+. The maximum absolute atomic E-state index is 6.09. The Morgan fingerprint density at radius 2 is 1.65 bits per heavy atom. The first-order chi connectivity index (χ1) is 9.18. The van der Waals surface area contributed by atoms with Crippen molar-refractivity contribution in [2.24, 2.45) is 0 Å². The van der Waals surface area contributed by atoms with E-state index in [2.05, 4.69) is 72.7 Å². The van der Waals surface area contributed by atoms with Crippen molar-refractivity contribution in [1.82, 2.24) is 0 Å². The summed E-state index contributed by atoms with van der Waals surface area (Å²) in [5.74, 6) is 0. The average Bonchev–Trinajstić information content (AvgIpc) is 2.57. The van der Waals surface area contributed by atoms with Gasteiger partial charge in [0.05, 0.1) is 11.2 Å². The molecule has 3 heteroatoms. The topological polar surface area (TPSA) is 18.5 Å². The molecule has 2 nitrogen and oxygen atoms in total. The molecule has 0 aromatic heterocycles. The molecule has 1 aromatic rings. The zero-order valence-corrected chi connectivity index (χ0v) is 13.7. The van der Waals surface area contributed by atoms with Gasteiger partial charge in [0.2, 0.25) is 0 Å². The summed E-state index contributed by atoms with van der Waals surface area (Å²) in [5, 5.41) is 0. The third-order valence-electron chi connectivity index (χ3n) is 4.63. The number of allylic oxidation sites excluding steroid dienone is 2. The molecule has 1 saturated heterocycles. The fourth-order valence-corrected chi connectivity index (χ4v) is 2.41. The van der Waals surface area contributed by atoms with E-state index in [0.29, 0.717) is 0 Å². The van der Waals surface area contributed by atoms with Crippen LogP contribution < -0.4 is 5.46 Å². The van der Waals surface area contributed by atoms with Gasteiger partial charge in [-0.3, -0.25) is 0 Å². The van der Waals surface area contributed by atoms with Crippen molar-refractivity contribution in [3.8, 4) is 0 Å². The Morgan fingerprint density at radius 3 is 2.10 bits per heavy atom. The molecule has 0 radical (unpaired) electrons. The molecule has 0 N–H and O–H groups in total. The summed E-state index contributed by atoms with van der Waals surface area (Å²) in [6, 6.07) is 6.44. The Morgan fingerprint density at radius 1 is 1.10 bits per heavy atom. The molecule has 1 aliphatic rings. The minimum absolute atomic E-state index is 0.279. The van der Waals surface area contributed by atoms with Crippen LogP contribution in [-0.4, -0.2) is 18.3 Å². The molecule has 0 unspecified atom stereocenters. The third-order valence-corrected chi connectivity index (χ3v) is 4.63. The highest BCUT2D eigenvalue weighted by Crippen LogP contribution is 2.36. The van der Waals surface area contributed by atoms with Crippen LogP contribution >= 0.6 is 0 Å². The van der Waals surface area contributed by atoms with Crippen LogP contribution in [0.5, 0.6) is 0 Å². The van der Waals surface area contributed by atoms with E-state index in [1.807, 2.05) is 0 Å². The minimum atomic E-state index is -0.288. The average molecular weight is 272 g/mol. The van der Waals surface area contributed by atoms with Crippen LogP contribution in [-0.2, 0) is 9.31 Å². The van der Waals surface area contributed by atoms with Crippen molar-refractivity contribution in [2.45, 2.75) is 59.7 Å². The lowest BCUT2D eigenvalue weighted by Crippen LogP contribution is -2.41. The number of hydrogen-bond acceptors (Lipinski definition) is 2. The van der Waals surface area contributed by atoms with Crippen LogP contribution in [0.4, 0.5) is 0 Å². The molecule has 0 spiro atoms. The molecule has 0 atom stereocenters. The first-order valence-electron chi connectivity index (χ1n) is 7.27. The second-order valence-electron chi connectivity index (χ2n) is 6.63. The summed E-state index contributed by atoms with van der Waals surface area (Å²) in [6.45, 7) is 14.7. The molecule has 0 amide bonds. The second-order valence-corrected chi connectivity index (χ2v) is 6.63. The fourth-order valence-electron chi connectivity index (χ4n) is 2.41. The van der Waals surface area contributed by atoms with Crippen molar-refractivity contribution in [1.29, 1.82) is 0 Å². The van der Waals surface area contributed by atoms with Crippen molar-refractivity contribution in [3.63, 3.8) is 0 Å². The van der Waals surface area contributed by atoms with Crippen LogP contribution in [0.25, 0.3) is 5.57 Å². The Hall–Kier alpha value is -1.06. The minimum Gasteiger partial charge on any atom is -0.399 e. The van der Waals surface area contributed by atoms with Gasteiger partial charge in [0.1, 0.15) is 0 Å². The number of rotatable bonds is 2. The van der Waals surface area contributed by atoms with Crippen molar-refractivity contribution in [3.05, 3.63) is 35.4 Å². The lowest BCUT2D eigenvalue weighted by atomic mass is 9.77. The molecule has 1 aromatic carbocycles. The van der Waals surface area contributed by atoms with Crippen LogP contribution in [0.2, 0.25) is 0 Å². The van der Waals surface area contributed by atoms with Crippen LogP contribution in [0.1, 0.15) is 52.7 Å². The van der Waals surface area contributed by atoms with Gasteiger partial charge in [-0.25, -0.2) is 0 Å². The van der Waals surface area contributed by atoms with Gasteiger partial charge in [0.15, 0.2) is 0 Å². The molecular formula is C17H25BO2. The Labute approximate surface area is 123 Å². The summed E-state index contributed by atoms with van der Waals surface area (Å²) >= 11 is 0. The lowest BCUT2D eigenvalue weighted by Gasteiger charge is -2.32. The van der Waals surface area contributed by atoms with Gasteiger partial charge in [-0.15, -0.1) is 0 Å². The summed E-state index contributed by atoms with van der Waals surface area (Å²) in [5.41, 5.74) is 4.35. The van der Waals surface area contributed by atoms with Gasteiger partial charge in [0.25, 0.3) is 0 Å². The first-order valence-corrected chi connectivity index (χ1v) is 7.27. The predicted octanol–water partition coefficient (Wildman–Crippen LogP) is 3.72. The van der Waals surface area contributed by atoms with Gasteiger partial charge in [0, 0.05) is 0 Å². The van der Waals surface area contributed by atoms with Crippen molar-refractivity contribution in [2.75, 3.05) is 0 Å². The third kappa shape index (κ3) is 2.57. The van der Waals surface area contributed by atoms with Gasteiger partial charge < -0.3 is 9.31 Å². The smallest absolute Gasteiger partial charge is 0.399 e. The van der Waals surface area contributed by atoms with E-state index in [-0.39, 0.29) is 18.3 Å². The SMILES string of the molecule is C/C=C(\C)c1ccc(B2OC(C)(C)C(C)(C)O2)cc1C. The summed E-state index contributed by atoms with van der Waals surface area (Å²) < 4.78 is 12.2. The van der Waals surface area contributed by atoms with E-state index >= 15 is 0 Å². The molecular weight excluding hydrogens is 247 g/mol. The largest absolute Gasteiger partial charge is 0.494 e. The molecule has 20 heavy (non-hydrogen) atoms. The van der Waals surface area contributed by atoms with Gasteiger partial charge >= 0.3 is 7.12 Å². The van der Waals surface area contributed by atoms with Gasteiger partial charge in [-0.2, -0.15) is 0 Å². The Kier molecular flexibility index (Phi) is 3.87. The predicted molar refractivity (Wildman–Crippen MR) is 86.2 cm³/mol. The number of hydrogen-bond donors (Lipinski definition) is 0. The highest BCUT2D eigenvalue weighted by Gasteiger charge is 2.51. The highest BCUT2D eigenvalue weighted by atomic mass is 16.7. The van der Waals surface area contributed by atoms with E-state index in [0.717, 1.165) is 5.46 Å². The molecule has 1 aliphatic heterocycles. The molecule has 1 fully saturated rings. The van der Waals surface area contributed by atoms with Crippen LogP contribution in [0, 0.1) is 6.92 Å². The number of benzene rings is 1. The summed E-state index contributed by atoms with van der Waals surface area (Å²) in [4.78, 5) is 0.